The maximum absolute atomic E-state index is 14.1. The Morgan fingerprint density at radius 3 is 2.76 bits per heavy atom. The largest absolute Gasteiger partial charge is 0.487 e. The van der Waals surface area contributed by atoms with E-state index in [0.717, 1.165) is 37.3 Å². The van der Waals surface area contributed by atoms with Gasteiger partial charge in [0.05, 0.1) is 6.10 Å². The van der Waals surface area contributed by atoms with Crippen LogP contribution in [0.4, 0.5) is 4.39 Å². The van der Waals surface area contributed by atoms with Crippen LogP contribution in [0.15, 0.2) is 18.2 Å². The summed E-state index contributed by atoms with van der Waals surface area (Å²) in [5, 5.41) is 3.33. The fourth-order valence-electron chi connectivity index (χ4n) is 3.00. The Bertz CT molecular complexity index is 449. The third-order valence-electron chi connectivity index (χ3n) is 4.63. The van der Waals surface area contributed by atoms with Crippen molar-refractivity contribution in [3.63, 3.8) is 0 Å². The summed E-state index contributed by atoms with van der Waals surface area (Å²) in [4.78, 5) is 0. The Kier molecular flexibility index (Phi) is 6.04. The van der Waals surface area contributed by atoms with E-state index < -0.39 is 0 Å². The third kappa shape index (κ3) is 4.44. The maximum Gasteiger partial charge on any atom is 0.165 e. The van der Waals surface area contributed by atoms with E-state index in [1.165, 1.54) is 12.5 Å². The molecule has 1 aliphatic rings. The predicted octanol–water partition coefficient (Wildman–Crippen LogP) is 4.53. The monoisotopic (exact) mass is 293 g/mol. The molecule has 0 amide bonds. The number of halogens is 1. The standard InChI is InChI=1S/C18H28FNO/c1-4-10-20-12-15-6-5-7-17(19)18(15)21-16-9-8-13(2)14(3)11-16/h5-7,13-14,16,20H,4,8-12H2,1-3H3. The molecule has 2 nitrogen and oxygen atoms in total. The molecule has 2 rings (SSSR count). The average molecular weight is 293 g/mol. The van der Waals surface area contributed by atoms with Gasteiger partial charge in [0, 0.05) is 12.1 Å². The molecular weight excluding hydrogens is 265 g/mol. The minimum absolute atomic E-state index is 0.151. The van der Waals surface area contributed by atoms with E-state index in [2.05, 4.69) is 26.1 Å². The molecule has 0 bridgehead atoms. The molecular formula is C18H28FNO. The van der Waals surface area contributed by atoms with Gasteiger partial charge in [0.2, 0.25) is 0 Å². The molecule has 3 atom stereocenters. The van der Waals surface area contributed by atoms with E-state index in [-0.39, 0.29) is 11.9 Å². The van der Waals surface area contributed by atoms with E-state index in [4.69, 9.17) is 4.74 Å². The van der Waals surface area contributed by atoms with Crippen LogP contribution in [0.5, 0.6) is 5.75 Å². The quantitative estimate of drug-likeness (QED) is 0.778. The van der Waals surface area contributed by atoms with Gasteiger partial charge in [-0.3, -0.25) is 0 Å². The number of nitrogens with one attached hydrogen (secondary N) is 1. The van der Waals surface area contributed by atoms with Gasteiger partial charge < -0.3 is 10.1 Å². The van der Waals surface area contributed by atoms with Crippen LogP contribution in [-0.2, 0) is 6.54 Å². The third-order valence-corrected chi connectivity index (χ3v) is 4.63. The molecule has 0 heterocycles. The van der Waals surface area contributed by atoms with Gasteiger partial charge in [0.1, 0.15) is 0 Å². The second kappa shape index (κ2) is 7.79. The lowest BCUT2D eigenvalue weighted by molar-refractivity contribution is 0.0957. The number of ether oxygens (including phenoxy) is 1. The van der Waals surface area contributed by atoms with Crippen LogP contribution >= 0.6 is 0 Å². The topological polar surface area (TPSA) is 21.3 Å². The first-order valence-corrected chi connectivity index (χ1v) is 8.26. The Balaban J connectivity index is 2.04. The van der Waals surface area contributed by atoms with Crippen molar-refractivity contribution in [1.82, 2.24) is 5.32 Å². The summed E-state index contributed by atoms with van der Waals surface area (Å²) in [6.07, 6.45) is 4.45. The zero-order chi connectivity index (χ0) is 15.2. The Morgan fingerprint density at radius 1 is 1.24 bits per heavy atom. The van der Waals surface area contributed by atoms with E-state index >= 15 is 0 Å². The molecule has 1 aromatic carbocycles. The van der Waals surface area contributed by atoms with Crippen molar-refractivity contribution in [2.75, 3.05) is 6.54 Å². The highest BCUT2D eigenvalue weighted by Crippen LogP contribution is 2.33. The molecule has 1 saturated carbocycles. The Morgan fingerprint density at radius 2 is 2.05 bits per heavy atom. The summed E-state index contributed by atoms with van der Waals surface area (Å²) in [7, 11) is 0. The van der Waals surface area contributed by atoms with E-state index in [1.807, 2.05) is 6.07 Å². The molecule has 118 valence electrons. The lowest BCUT2D eigenvalue weighted by Crippen LogP contribution is -2.29. The van der Waals surface area contributed by atoms with E-state index in [1.54, 1.807) is 6.07 Å². The summed E-state index contributed by atoms with van der Waals surface area (Å²) in [5.41, 5.74) is 0.926. The van der Waals surface area contributed by atoms with Crippen molar-refractivity contribution >= 4 is 0 Å². The highest BCUT2D eigenvalue weighted by Gasteiger charge is 2.27. The molecule has 0 saturated heterocycles. The molecule has 0 spiro atoms. The number of benzene rings is 1. The highest BCUT2D eigenvalue weighted by atomic mass is 19.1. The number of hydrogen-bond acceptors (Lipinski definition) is 2. The Hall–Kier alpha value is -1.09. The molecule has 1 aliphatic carbocycles. The van der Waals surface area contributed by atoms with Gasteiger partial charge in [-0.1, -0.05) is 32.9 Å². The zero-order valence-electron chi connectivity index (χ0n) is 13.5. The molecule has 1 fully saturated rings. The van der Waals surface area contributed by atoms with Gasteiger partial charge in [-0.25, -0.2) is 4.39 Å². The normalized spacial score (nSPS) is 25.8. The van der Waals surface area contributed by atoms with Crippen molar-refractivity contribution in [2.24, 2.45) is 11.8 Å². The average Bonchev–Trinajstić information content (AvgIpc) is 2.46. The van der Waals surface area contributed by atoms with Crippen LogP contribution in [0.25, 0.3) is 0 Å². The maximum atomic E-state index is 14.1. The Labute approximate surface area is 128 Å². The van der Waals surface area contributed by atoms with Crippen LogP contribution in [0.3, 0.4) is 0 Å². The van der Waals surface area contributed by atoms with E-state index in [9.17, 15) is 4.39 Å². The summed E-state index contributed by atoms with van der Waals surface area (Å²) >= 11 is 0. The zero-order valence-corrected chi connectivity index (χ0v) is 13.5. The lowest BCUT2D eigenvalue weighted by atomic mass is 9.80. The summed E-state index contributed by atoms with van der Waals surface area (Å²) in [6.45, 7) is 8.30. The molecule has 0 aliphatic heterocycles. The SMILES string of the molecule is CCCNCc1cccc(F)c1OC1CCC(C)C(C)C1. The van der Waals surface area contributed by atoms with Crippen molar-refractivity contribution in [3.8, 4) is 5.75 Å². The number of para-hydroxylation sites is 1. The minimum Gasteiger partial charge on any atom is -0.487 e. The van der Waals surface area contributed by atoms with E-state index in [0.29, 0.717) is 18.2 Å². The van der Waals surface area contributed by atoms with Crippen molar-refractivity contribution in [2.45, 2.75) is 59.1 Å². The molecule has 0 radical (unpaired) electrons. The van der Waals surface area contributed by atoms with Gasteiger partial charge in [-0.15, -0.1) is 0 Å². The smallest absolute Gasteiger partial charge is 0.165 e. The van der Waals surface area contributed by atoms with Crippen molar-refractivity contribution in [1.29, 1.82) is 0 Å². The summed E-state index contributed by atoms with van der Waals surface area (Å²) in [6, 6.07) is 5.21. The second-order valence-corrected chi connectivity index (χ2v) is 6.41. The second-order valence-electron chi connectivity index (χ2n) is 6.41. The number of rotatable bonds is 6. The van der Waals surface area contributed by atoms with Gasteiger partial charge in [-0.05, 0) is 50.1 Å². The van der Waals surface area contributed by atoms with Crippen LogP contribution < -0.4 is 10.1 Å². The van der Waals surface area contributed by atoms with Gasteiger partial charge in [-0.2, -0.15) is 0 Å². The fourth-order valence-corrected chi connectivity index (χ4v) is 3.00. The lowest BCUT2D eigenvalue weighted by Gasteiger charge is -2.32. The van der Waals surface area contributed by atoms with Gasteiger partial charge in [0.25, 0.3) is 0 Å². The van der Waals surface area contributed by atoms with Crippen LogP contribution in [0.2, 0.25) is 0 Å². The first kappa shape index (κ1) is 16.3. The predicted molar refractivity (Wildman–Crippen MR) is 85.0 cm³/mol. The molecule has 3 heteroatoms. The molecule has 21 heavy (non-hydrogen) atoms. The molecule has 1 aromatic rings. The van der Waals surface area contributed by atoms with Crippen LogP contribution in [-0.4, -0.2) is 12.6 Å². The highest BCUT2D eigenvalue weighted by molar-refractivity contribution is 5.35. The fraction of sp³-hybridized carbons (Fsp3) is 0.667. The number of hydrogen-bond donors (Lipinski definition) is 1. The van der Waals surface area contributed by atoms with Crippen molar-refractivity contribution in [3.05, 3.63) is 29.6 Å². The van der Waals surface area contributed by atoms with Gasteiger partial charge >= 0.3 is 0 Å². The first-order chi connectivity index (χ1) is 10.1. The minimum atomic E-state index is -0.239. The summed E-state index contributed by atoms with van der Waals surface area (Å²) in [5.74, 6) is 1.61. The molecule has 1 N–H and O–H groups in total. The molecule has 3 unspecified atom stereocenters. The summed E-state index contributed by atoms with van der Waals surface area (Å²) < 4.78 is 20.2. The van der Waals surface area contributed by atoms with Crippen LogP contribution in [0, 0.1) is 17.7 Å². The first-order valence-electron chi connectivity index (χ1n) is 8.26. The molecule has 0 aromatic heterocycles. The van der Waals surface area contributed by atoms with Crippen molar-refractivity contribution < 1.29 is 9.13 Å². The van der Waals surface area contributed by atoms with Crippen LogP contribution in [0.1, 0.15) is 52.0 Å². The van der Waals surface area contributed by atoms with Gasteiger partial charge in [0.15, 0.2) is 11.6 Å².